The molecule has 2 aromatic rings. The number of nitrogens with zero attached hydrogens (tertiary/aromatic N) is 4. The predicted molar refractivity (Wildman–Crippen MR) is 99.1 cm³/mol. The number of morpholine rings is 1. The molecule has 4 rings (SSSR count). The van der Waals surface area contributed by atoms with Crippen LogP contribution in [0, 0.1) is 0 Å². The van der Waals surface area contributed by atoms with Crippen LogP contribution in [0.2, 0.25) is 0 Å². The van der Waals surface area contributed by atoms with Crippen LogP contribution in [0.3, 0.4) is 0 Å². The molecular weight excluding hydrogens is 328 g/mol. The Morgan fingerprint density at radius 1 is 1.19 bits per heavy atom. The highest BCUT2D eigenvalue weighted by atomic mass is 16.5. The Morgan fingerprint density at radius 2 is 1.96 bits per heavy atom. The van der Waals surface area contributed by atoms with E-state index < -0.39 is 0 Å². The summed E-state index contributed by atoms with van der Waals surface area (Å²) in [7, 11) is 2.09. The van der Waals surface area contributed by atoms with Gasteiger partial charge in [-0.05, 0) is 38.8 Å². The van der Waals surface area contributed by atoms with E-state index in [4.69, 9.17) is 9.47 Å². The maximum absolute atomic E-state index is 6.24. The average Bonchev–Trinajstić information content (AvgIpc) is 3.38. The van der Waals surface area contributed by atoms with E-state index in [1.165, 1.54) is 12.8 Å². The molecule has 0 amide bonds. The van der Waals surface area contributed by atoms with E-state index in [9.17, 15) is 0 Å². The third-order valence-electron chi connectivity index (χ3n) is 5.04. The minimum Gasteiger partial charge on any atom is -0.491 e. The van der Waals surface area contributed by atoms with Gasteiger partial charge in [0, 0.05) is 26.1 Å². The third kappa shape index (κ3) is 4.07. The molecule has 0 unspecified atom stereocenters. The Kier molecular flexibility index (Phi) is 4.71. The lowest BCUT2D eigenvalue weighted by Crippen LogP contribution is -2.54. The second kappa shape index (κ2) is 7.00. The first-order valence-corrected chi connectivity index (χ1v) is 9.46. The quantitative estimate of drug-likeness (QED) is 0.797. The van der Waals surface area contributed by atoms with Crippen molar-refractivity contribution in [2.24, 2.45) is 7.05 Å². The normalized spacial score (nSPS) is 23.1. The fourth-order valence-electron chi connectivity index (χ4n) is 3.74. The Hall–Kier alpha value is -1.92. The molecule has 2 aliphatic rings. The van der Waals surface area contributed by atoms with E-state index >= 15 is 0 Å². The van der Waals surface area contributed by atoms with Crippen LogP contribution >= 0.6 is 0 Å². The van der Waals surface area contributed by atoms with Gasteiger partial charge in [0.2, 0.25) is 0 Å². The highest BCUT2D eigenvalue weighted by Gasteiger charge is 2.35. The van der Waals surface area contributed by atoms with Crippen molar-refractivity contribution in [2.45, 2.75) is 50.9 Å². The van der Waals surface area contributed by atoms with Gasteiger partial charge in [0.1, 0.15) is 30.1 Å². The summed E-state index contributed by atoms with van der Waals surface area (Å²) in [4.78, 5) is 2.41. The lowest BCUT2D eigenvalue weighted by molar-refractivity contribution is -0.148. The third-order valence-corrected chi connectivity index (χ3v) is 5.04. The van der Waals surface area contributed by atoms with Crippen LogP contribution < -0.4 is 4.74 Å². The number of aromatic nitrogens is 3. The van der Waals surface area contributed by atoms with Crippen molar-refractivity contribution in [2.75, 3.05) is 19.7 Å². The van der Waals surface area contributed by atoms with Crippen molar-refractivity contribution in [3.63, 3.8) is 0 Å². The SMILES string of the molecule is Cn1c(CN2C[C@@H](COc3ccccc3)OC(C)(C)C2)nnc1C1CC1. The molecule has 6 heteroatoms. The van der Waals surface area contributed by atoms with Crippen molar-refractivity contribution in [3.05, 3.63) is 42.0 Å². The van der Waals surface area contributed by atoms with Gasteiger partial charge >= 0.3 is 0 Å². The number of ether oxygens (including phenoxy) is 2. The molecule has 1 saturated heterocycles. The monoisotopic (exact) mass is 356 g/mol. The second-order valence-corrected chi connectivity index (χ2v) is 8.10. The lowest BCUT2D eigenvalue weighted by atomic mass is 10.1. The largest absolute Gasteiger partial charge is 0.491 e. The van der Waals surface area contributed by atoms with Crippen LogP contribution in [0.25, 0.3) is 0 Å². The van der Waals surface area contributed by atoms with E-state index in [0.29, 0.717) is 12.5 Å². The first-order chi connectivity index (χ1) is 12.5. The summed E-state index contributed by atoms with van der Waals surface area (Å²) < 4.78 is 14.3. The molecular formula is C20H28N4O2. The summed E-state index contributed by atoms with van der Waals surface area (Å²) >= 11 is 0. The smallest absolute Gasteiger partial charge is 0.146 e. The molecule has 2 fully saturated rings. The summed E-state index contributed by atoms with van der Waals surface area (Å²) in [6.07, 6.45) is 2.53. The lowest BCUT2D eigenvalue weighted by Gasteiger charge is -2.42. The maximum Gasteiger partial charge on any atom is 0.146 e. The number of hydrogen-bond donors (Lipinski definition) is 0. The molecule has 0 spiro atoms. The molecule has 0 N–H and O–H groups in total. The van der Waals surface area contributed by atoms with Crippen LogP contribution in [0.4, 0.5) is 0 Å². The summed E-state index contributed by atoms with van der Waals surface area (Å²) in [6, 6.07) is 9.92. The number of rotatable bonds is 6. The van der Waals surface area contributed by atoms with E-state index in [1.807, 2.05) is 30.3 Å². The molecule has 1 aliphatic carbocycles. The Labute approximate surface area is 155 Å². The number of benzene rings is 1. The predicted octanol–water partition coefficient (Wildman–Crippen LogP) is 2.75. The summed E-state index contributed by atoms with van der Waals surface area (Å²) in [6.45, 7) is 7.34. The fourth-order valence-corrected chi connectivity index (χ4v) is 3.74. The number of para-hydroxylation sites is 1. The topological polar surface area (TPSA) is 52.4 Å². The zero-order chi connectivity index (χ0) is 18.1. The van der Waals surface area contributed by atoms with Gasteiger partial charge in [0.15, 0.2) is 0 Å². The number of hydrogen-bond acceptors (Lipinski definition) is 5. The zero-order valence-electron chi connectivity index (χ0n) is 15.9. The van der Waals surface area contributed by atoms with Gasteiger partial charge < -0.3 is 14.0 Å². The molecule has 1 aromatic heterocycles. The Morgan fingerprint density at radius 3 is 2.69 bits per heavy atom. The molecule has 6 nitrogen and oxygen atoms in total. The first-order valence-electron chi connectivity index (χ1n) is 9.46. The summed E-state index contributed by atoms with van der Waals surface area (Å²) in [5, 5.41) is 8.84. The van der Waals surface area contributed by atoms with Crippen molar-refractivity contribution in [1.82, 2.24) is 19.7 Å². The van der Waals surface area contributed by atoms with Crippen LogP contribution in [0.1, 0.15) is 44.3 Å². The zero-order valence-corrected chi connectivity index (χ0v) is 15.9. The molecule has 1 aromatic carbocycles. The van der Waals surface area contributed by atoms with Crippen LogP contribution in [-0.2, 0) is 18.3 Å². The molecule has 26 heavy (non-hydrogen) atoms. The van der Waals surface area contributed by atoms with E-state index in [0.717, 1.165) is 37.0 Å². The van der Waals surface area contributed by atoms with Gasteiger partial charge in [-0.25, -0.2) is 0 Å². The Bertz CT molecular complexity index is 740. The first kappa shape index (κ1) is 17.5. The molecule has 1 atom stereocenters. The minimum atomic E-state index is -0.207. The molecule has 1 saturated carbocycles. The maximum atomic E-state index is 6.24. The van der Waals surface area contributed by atoms with Crippen molar-refractivity contribution in [1.29, 1.82) is 0 Å². The molecule has 0 bridgehead atoms. The molecule has 140 valence electrons. The summed E-state index contributed by atoms with van der Waals surface area (Å²) in [5.74, 6) is 3.67. The minimum absolute atomic E-state index is 0.0371. The van der Waals surface area contributed by atoms with Gasteiger partial charge in [-0.2, -0.15) is 0 Å². The van der Waals surface area contributed by atoms with Gasteiger partial charge in [-0.3, -0.25) is 4.90 Å². The standard InChI is InChI=1S/C20H28N4O2/c1-20(2)14-24(12-18-21-22-19(23(18)3)15-9-10-15)11-17(26-20)13-25-16-7-5-4-6-8-16/h4-8,15,17H,9-14H2,1-3H3/t17-/m0/s1. The highest BCUT2D eigenvalue weighted by molar-refractivity contribution is 5.21. The van der Waals surface area contributed by atoms with Crippen molar-refractivity contribution in [3.8, 4) is 5.75 Å². The van der Waals surface area contributed by atoms with Gasteiger partial charge in [0.05, 0.1) is 12.1 Å². The van der Waals surface area contributed by atoms with Crippen molar-refractivity contribution < 1.29 is 9.47 Å². The Balaban J connectivity index is 1.39. The van der Waals surface area contributed by atoms with E-state index in [2.05, 4.69) is 40.6 Å². The van der Waals surface area contributed by atoms with Gasteiger partial charge in [-0.15, -0.1) is 10.2 Å². The molecule has 1 aliphatic heterocycles. The fraction of sp³-hybridized carbons (Fsp3) is 0.600. The summed E-state index contributed by atoms with van der Waals surface area (Å²) in [5.41, 5.74) is -0.207. The van der Waals surface area contributed by atoms with Gasteiger partial charge in [-0.1, -0.05) is 18.2 Å². The van der Waals surface area contributed by atoms with Crippen LogP contribution in [-0.4, -0.2) is 51.1 Å². The van der Waals surface area contributed by atoms with E-state index in [1.54, 1.807) is 0 Å². The molecule has 2 heterocycles. The van der Waals surface area contributed by atoms with E-state index in [-0.39, 0.29) is 11.7 Å². The van der Waals surface area contributed by atoms with Crippen molar-refractivity contribution >= 4 is 0 Å². The highest BCUT2D eigenvalue weighted by Crippen LogP contribution is 2.38. The average molecular weight is 356 g/mol. The van der Waals surface area contributed by atoms with Gasteiger partial charge in [0.25, 0.3) is 0 Å². The molecule has 0 radical (unpaired) electrons. The second-order valence-electron chi connectivity index (χ2n) is 8.10. The van der Waals surface area contributed by atoms with Crippen LogP contribution in [0.5, 0.6) is 5.75 Å². The van der Waals surface area contributed by atoms with Crippen LogP contribution in [0.15, 0.2) is 30.3 Å².